The molecule has 1 aromatic heterocycles. The molecule has 0 amide bonds. The largest absolute Gasteiger partial charge is 0.359 e. The third kappa shape index (κ3) is 3.26. The first-order valence-corrected chi connectivity index (χ1v) is 7.05. The average molecular weight is 264 g/mol. The van der Waals surface area contributed by atoms with Crippen LogP contribution in [-0.4, -0.2) is 10.9 Å². The van der Waals surface area contributed by atoms with Crippen molar-refractivity contribution in [1.29, 1.82) is 0 Å². The Kier molecular flexibility index (Phi) is 4.64. The fourth-order valence-electron chi connectivity index (χ4n) is 1.80. The van der Waals surface area contributed by atoms with Gasteiger partial charge in [0.15, 0.2) is 0 Å². The fraction of sp³-hybridized carbons (Fsp3) is 0.385. The van der Waals surface area contributed by atoms with Gasteiger partial charge >= 0.3 is 0 Å². The van der Waals surface area contributed by atoms with Crippen LogP contribution >= 0.6 is 11.8 Å². The van der Waals surface area contributed by atoms with Crippen LogP contribution in [0.1, 0.15) is 24.6 Å². The number of benzene rings is 1. The molecule has 2 rings (SSSR count). The maximum absolute atomic E-state index is 11.4. The van der Waals surface area contributed by atoms with Crippen molar-refractivity contribution >= 4 is 11.8 Å². The molecule has 0 bridgehead atoms. The summed E-state index contributed by atoms with van der Waals surface area (Å²) in [6.45, 7) is 2.03. The van der Waals surface area contributed by atoms with E-state index in [-0.39, 0.29) is 0 Å². The molecule has 2 aromatic rings. The van der Waals surface area contributed by atoms with E-state index >= 15 is 0 Å². The van der Waals surface area contributed by atoms with Crippen molar-refractivity contribution < 1.29 is 9.53 Å². The summed E-state index contributed by atoms with van der Waals surface area (Å²) in [6.07, 6.45) is 2.58. The van der Waals surface area contributed by atoms with E-state index in [1.165, 1.54) is 5.56 Å². The number of nitrogens with zero attached hydrogens (tertiary/aromatic N) is 2. The molecule has 0 saturated heterocycles. The van der Waals surface area contributed by atoms with Crippen LogP contribution in [-0.2, 0) is 12.8 Å². The quantitative estimate of drug-likeness (QED) is 0.594. The molecule has 0 fully saturated rings. The highest BCUT2D eigenvalue weighted by molar-refractivity contribution is 7.99. The molecule has 0 aliphatic heterocycles. The molecule has 0 aliphatic carbocycles. The lowest BCUT2D eigenvalue weighted by Crippen LogP contribution is -2.28. The Labute approximate surface area is 111 Å². The Morgan fingerprint density at radius 2 is 2.06 bits per heavy atom. The maximum Gasteiger partial charge on any atom is 0.277 e. The van der Waals surface area contributed by atoms with E-state index in [1.807, 2.05) is 25.1 Å². The molecule has 0 saturated carbocycles. The van der Waals surface area contributed by atoms with Gasteiger partial charge in [0.1, 0.15) is 0 Å². The van der Waals surface area contributed by atoms with E-state index in [2.05, 4.69) is 21.9 Å². The van der Waals surface area contributed by atoms with Crippen LogP contribution in [0.4, 0.5) is 0 Å². The van der Waals surface area contributed by atoms with Crippen molar-refractivity contribution in [3.63, 3.8) is 0 Å². The molecule has 1 heterocycles. The Morgan fingerprint density at radius 3 is 2.78 bits per heavy atom. The summed E-state index contributed by atoms with van der Waals surface area (Å²) in [5, 5.41) is 15.9. The minimum atomic E-state index is 0.531. The van der Waals surface area contributed by atoms with Crippen molar-refractivity contribution in [2.24, 2.45) is 0 Å². The predicted molar refractivity (Wildman–Crippen MR) is 70.3 cm³/mol. The van der Waals surface area contributed by atoms with Crippen LogP contribution in [0.15, 0.2) is 40.0 Å². The summed E-state index contributed by atoms with van der Waals surface area (Å²) in [4.78, 5) is 0.531. The summed E-state index contributed by atoms with van der Waals surface area (Å²) in [5.74, 6) is 0.887. The van der Waals surface area contributed by atoms with Crippen LogP contribution in [0, 0.1) is 5.21 Å². The normalized spacial score (nSPS) is 10.7. The zero-order valence-corrected chi connectivity index (χ0v) is 11.2. The number of aromatic nitrogens is 2. The van der Waals surface area contributed by atoms with Gasteiger partial charge in [0.2, 0.25) is 5.69 Å². The molecule has 0 radical (unpaired) electrons. The first kappa shape index (κ1) is 13.0. The van der Waals surface area contributed by atoms with E-state index in [0.717, 1.165) is 23.6 Å². The summed E-state index contributed by atoms with van der Waals surface area (Å²) in [6, 6.07) is 10.3. The van der Waals surface area contributed by atoms with Crippen LogP contribution in [0.2, 0.25) is 0 Å². The molecule has 0 atom stereocenters. The van der Waals surface area contributed by atoms with Gasteiger partial charge in [0.05, 0.1) is 5.16 Å². The molecule has 18 heavy (non-hydrogen) atoms. The second-order valence-corrected chi connectivity index (χ2v) is 5.21. The van der Waals surface area contributed by atoms with Gasteiger partial charge in [0.25, 0.3) is 5.03 Å². The number of aryl methyl sites for hydroxylation is 1. The van der Waals surface area contributed by atoms with Gasteiger partial charge in [-0.2, -0.15) is 0 Å². The molecule has 0 unspecified atom stereocenters. The molecule has 0 spiro atoms. The van der Waals surface area contributed by atoms with Crippen LogP contribution < -0.4 is 4.90 Å². The number of hydrogen-bond donors (Lipinski definition) is 0. The number of thioether (sulfide) groups is 1. The lowest BCUT2D eigenvalue weighted by Gasteiger charge is -2.00. The maximum atomic E-state index is 11.4. The van der Waals surface area contributed by atoms with Crippen molar-refractivity contribution in [2.75, 3.05) is 5.75 Å². The van der Waals surface area contributed by atoms with Gasteiger partial charge < -0.3 is 5.21 Å². The predicted octanol–water partition coefficient (Wildman–Crippen LogP) is 2.60. The molecule has 0 aliphatic rings. The first-order valence-electron chi connectivity index (χ1n) is 6.06. The van der Waals surface area contributed by atoms with E-state index in [4.69, 9.17) is 0 Å². The summed E-state index contributed by atoms with van der Waals surface area (Å²) >= 11 is 1.54. The Hall–Kier alpha value is -1.49. The van der Waals surface area contributed by atoms with E-state index in [9.17, 15) is 5.21 Å². The summed E-state index contributed by atoms with van der Waals surface area (Å²) < 4.78 is 4.64. The molecule has 1 aromatic carbocycles. The van der Waals surface area contributed by atoms with E-state index in [0.29, 0.717) is 17.0 Å². The third-order valence-electron chi connectivity index (χ3n) is 2.67. The average Bonchev–Trinajstić information content (AvgIpc) is 2.73. The Bertz CT molecular complexity index is 485. The van der Waals surface area contributed by atoms with Gasteiger partial charge in [-0.15, -0.1) is 0 Å². The molecule has 5 heteroatoms. The zero-order chi connectivity index (χ0) is 12.8. The van der Waals surface area contributed by atoms with E-state index in [1.54, 1.807) is 11.8 Å². The summed E-state index contributed by atoms with van der Waals surface area (Å²) in [5.41, 5.74) is 1.94. The van der Waals surface area contributed by atoms with Crippen molar-refractivity contribution in [2.45, 2.75) is 31.2 Å². The molecular formula is C13H16N2O2S. The molecular weight excluding hydrogens is 248 g/mol. The van der Waals surface area contributed by atoms with Crippen LogP contribution in [0.25, 0.3) is 0 Å². The minimum absolute atomic E-state index is 0.531. The smallest absolute Gasteiger partial charge is 0.277 e. The first-order chi connectivity index (χ1) is 8.81. The SMILES string of the molecule is CCSc1no[n+]([O-])c1CCCc1ccccc1. The third-order valence-corrected chi connectivity index (χ3v) is 3.54. The Balaban J connectivity index is 1.92. The monoisotopic (exact) mass is 264 g/mol. The molecule has 0 N–H and O–H groups in total. The topological polar surface area (TPSA) is 53.0 Å². The highest BCUT2D eigenvalue weighted by atomic mass is 32.2. The summed E-state index contributed by atoms with van der Waals surface area (Å²) in [7, 11) is 0. The standard InChI is InChI=1S/C13H16N2O2S/c1-2-18-13-12(15(16)17-14-13)10-6-9-11-7-4-3-5-8-11/h3-5,7-8H,2,6,9-10H2,1H3. The van der Waals surface area contributed by atoms with Crippen LogP contribution in [0.3, 0.4) is 0 Å². The van der Waals surface area contributed by atoms with Gasteiger partial charge in [-0.05, 0) is 29.1 Å². The van der Waals surface area contributed by atoms with Gasteiger partial charge in [-0.25, -0.2) is 0 Å². The van der Waals surface area contributed by atoms with Crippen LogP contribution in [0.5, 0.6) is 0 Å². The second kappa shape index (κ2) is 6.44. The molecule has 4 nitrogen and oxygen atoms in total. The van der Waals surface area contributed by atoms with Crippen molar-refractivity contribution in [3.05, 3.63) is 46.8 Å². The molecule has 96 valence electrons. The highest BCUT2D eigenvalue weighted by Crippen LogP contribution is 2.19. The van der Waals surface area contributed by atoms with Gasteiger partial charge in [0, 0.05) is 6.42 Å². The van der Waals surface area contributed by atoms with Gasteiger partial charge in [-0.1, -0.05) is 49.0 Å². The Morgan fingerprint density at radius 1 is 1.28 bits per heavy atom. The van der Waals surface area contributed by atoms with Crippen molar-refractivity contribution in [1.82, 2.24) is 5.16 Å². The lowest BCUT2D eigenvalue weighted by molar-refractivity contribution is -0.808. The lowest BCUT2D eigenvalue weighted by atomic mass is 10.1. The second-order valence-electron chi connectivity index (χ2n) is 3.95. The zero-order valence-electron chi connectivity index (χ0n) is 10.3. The van der Waals surface area contributed by atoms with Gasteiger partial charge in [-0.3, -0.25) is 4.63 Å². The fourth-order valence-corrected chi connectivity index (χ4v) is 2.51. The highest BCUT2D eigenvalue weighted by Gasteiger charge is 2.18. The van der Waals surface area contributed by atoms with E-state index < -0.39 is 0 Å². The number of hydrogen-bond acceptors (Lipinski definition) is 4. The minimum Gasteiger partial charge on any atom is -0.359 e. The van der Waals surface area contributed by atoms with Crippen molar-refractivity contribution in [3.8, 4) is 0 Å². The number of rotatable bonds is 6.